The van der Waals surface area contributed by atoms with E-state index in [0.29, 0.717) is 11.5 Å². The summed E-state index contributed by atoms with van der Waals surface area (Å²) >= 11 is 0. The van der Waals surface area contributed by atoms with Gasteiger partial charge in [-0.2, -0.15) is 0 Å². The Kier molecular flexibility index (Phi) is 7.62. The van der Waals surface area contributed by atoms with E-state index in [1.54, 1.807) is 12.4 Å². The first-order valence-electron chi connectivity index (χ1n) is 10.2. The SMILES string of the molecule is C#Cc1cnc(Nc2cc(NCC3CCCCC3)c(CCCCO)cn2)cn1. The Bertz CT molecular complexity index is 779. The first kappa shape index (κ1) is 20.1. The molecule has 0 radical (unpaired) electrons. The Hall–Kier alpha value is -2.65. The van der Waals surface area contributed by atoms with E-state index in [9.17, 15) is 0 Å². The lowest BCUT2D eigenvalue weighted by Crippen LogP contribution is -2.18. The first-order valence-corrected chi connectivity index (χ1v) is 10.2. The third kappa shape index (κ3) is 5.93. The van der Waals surface area contributed by atoms with Crippen LogP contribution in [0.4, 0.5) is 17.3 Å². The molecular formula is C22H29N5O. The van der Waals surface area contributed by atoms with Gasteiger partial charge in [-0.15, -0.1) is 6.42 Å². The Morgan fingerprint density at radius 3 is 2.57 bits per heavy atom. The maximum Gasteiger partial charge on any atom is 0.150 e. The van der Waals surface area contributed by atoms with Crippen molar-refractivity contribution < 1.29 is 5.11 Å². The highest BCUT2D eigenvalue weighted by Gasteiger charge is 2.14. The van der Waals surface area contributed by atoms with E-state index in [-0.39, 0.29) is 6.61 Å². The molecule has 28 heavy (non-hydrogen) atoms. The summed E-state index contributed by atoms with van der Waals surface area (Å²) in [6.45, 7) is 1.22. The van der Waals surface area contributed by atoms with Crippen molar-refractivity contribution in [2.24, 2.45) is 5.92 Å². The highest BCUT2D eigenvalue weighted by atomic mass is 16.2. The van der Waals surface area contributed by atoms with Gasteiger partial charge >= 0.3 is 0 Å². The molecule has 2 aromatic heterocycles. The Labute approximate surface area is 167 Å². The fourth-order valence-electron chi connectivity index (χ4n) is 3.59. The van der Waals surface area contributed by atoms with Gasteiger partial charge in [0.2, 0.25) is 0 Å². The van der Waals surface area contributed by atoms with Crippen LogP contribution in [-0.4, -0.2) is 33.2 Å². The quantitative estimate of drug-likeness (QED) is 0.453. The molecule has 0 spiro atoms. The van der Waals surface area contributed by atoms with Crippen LogP contribution in [0.3, 0.4) is 0 Å². The lowest BCUT2D eigenvalue weighted by atomic mass is 9.89. The smallest absolute Gasteiger partial charge is 0.150 e. The summed E-state index contributed by atoms with van der Waals surface area (Å²) in [5.41, 5.74) is 2.80. The van der Waals surface area contributed by atoms with Crippen molar-refractivity contribution in [1.82, 2.24) is 15.0 Å². The van der Waals surface area contributed by atoms with Crippen molar-refractivity contribution >= 4 is 17.3 Å². The first-order chi connectivity index (χ1) is 13.8. The minimum absolute atomic E-state index is 0.226. The zero-order chi connectivity index (χ0) is 19.6. The van der Waals surface area contributed by atoms with Gasteiger partial charge < -0.3 is 15.7 Å². The van der Waals surface area contributed by atoms with E-state index in [2.05, 4.69) is 31.5 Å². The summed E-state index contributed by atoms with van der Waals surface area (Å²) in [4.78, 5) is 13.0. The molecule has 0 aromatic carbocycles. The van der Waals surface area contributed by atoms with Crippen LogP contribution in [0.15, 0.2) is 24.7 Å². The maximum atomic E-state index is 9.07. The van der Waals surface area contributed by atoms with Crippen LogP contribution in [0.2, 0.25) is 0 Å². The normalized spacial score (nSPS) is 14.4. The van der Waals surface area contributed by atoms with E-state index < -0.39 is 0 Å². The maximum absolute atomic E-state index is 9.07. The van der Waals surface area contributed by atoms with Gasteiger partial charge in [-0.1, -0.05) is 19.3 Å². The van der Waals surface area contributed by atoms with Crippen molar-refractivity contribution in [3.8, 4) is 12.3 Å². The number of aliphatic hydroxyl groups excluding tert-OH is 1. The van der Waals surface area contributed by atoms with Crippen molar-refractivity contribution in [3.05, 3.63) is 35.9 Å². The summed E-state index contributed by atoms with van der Waals surface area (Å²) < 4.78 is 0. The number of aryl methyl sites for hydroxylation is 1. The average Bonchev–Trinajstić information content (AvgIpc) is 2.75. The van der Waals surface area contributed by atoms with E-state index in [4.69, 9.17) is 11.5 Å². The van der Waals surface area contributed by atoms with Crippen LogP contribution in [0.5, 0.6) is 0 Å². The molecule has 148 valence electrons. The molecule has 6 nitrogen and oxygen atoms in total. The summed E-state index contributed by atoms with van der Waals surface area (Å²) in [6, 6.07) is 2.04. The number of unbranched alkanes of at least 4 members (excludes halogenated alkanes) is 1. The molecule has 1 aliphatic rings. The number of nitrogens with one attached hydrogen (secondary N) is 2. The van der Waals surface area contributed by atoms with Crippen molar-refractivity contribution in [1.29, 1.82) is 0 Å². The molecule has 2 aromatic rings. The molecule has 0 amide bonds. The second kappa shape index (κ2) is 10.6. The summed E-state index contributed by atoms with van der Waals surface area (Å²) in [5, 5.41) is 15.9. The minimum atomic E-state index is 0.226. The Morgan fingerprint density at radius 2 is 1.86 bits per heavy atom. The molecule has 0 bridgehead atoms. The van der Waals surface area contributed by atoms with Crippen LogP contribution < -0.4 is 10.6 Å². The number of hydrogen-bond acceptors (Lipinski definition) is 6. The van der Waals surface area contributed by atoms with Crippen LogP contribution >= 0.6 is 0 Å². The molecular weight excluding hydrogens is 350 g/mol. The van der Waals surface area contributed by atoms with Crippen molar-refractivity contribution in [2.75, 3.05) is 23.8 Å². The molecule has 2 heterocycles. The number of aliphatic hydroxyl groups is 1. The zero-order valence-electron chi connectivity index (χ0n) is 16.3. The van der Waals surface area contributed by atoms with Gasteiger partial charge in [0.25, 0.3) is 0 Å². The van der Waals surface area contributed by atoms with Gasteiger partial charge in [-0.05, 0) is 49.5 Å². The summed E-state index contributed by atoms with van der Waals surface area (Å²) in [5.74, 6) is 4.53. The Morgan fingerprint density at radius 1 is 1.04 bits per heavy atom. The molecule has 1 saturated carbocycles. The number of nitrogens with zero attached hydrogens (tertiary/aromatic N) is 3. The molecule has 1 aliphatic carbocycles. The molecule has 0 atom stereocenters. The van der Waals surface area contributed by atoms with Gasteiger partial charge in [-0.3, -0.25) is 0 Å². The summed E-state index contributed by atoms with van der Waals surface area (Å²) in [6.07, 6.45) is 19.7. The van der Waals surface area contributed by atoms with Crippen molar-refractivity contribution in [3.63, 3.8) is 0 Å². The molecule has 3 rings (SSSR count). The average molecular weight is 380 g/mol. The van der Waals surface area contributed by atoms with Gasteiger partial charge in [0.1, 0.15) is 17.3 Å². The van der Waals surface area contributed by atoms with Crippen LogP contribution in [0.1, 0.15) is 56.2 Å². The van der Waals surface area contributed by atoms with Gasteiger partial charge in [0.05, 0.1) is 12.4 Å². The van der Waals surface area contributed by atoms with E-state index in [1.807, 2.05) is 12.3 Å². The van der Waals surface area contributed by atoms with Crippen LogP contribution in [0, 0.1) is 18.3 Å². The summed E-state index contributed by atoms with van der Waals surface area (Å²) in [7, 11) is 0. The second-order valence-electron chi connectivity index (χ2n) is 7.35. The fourth-order valence-corrected chi connectivity index (χ4v) is 3.59. The lowest BCUT2D eigenvalue weighted by molar-refractivity contribution is 0.284. The van der Waals surface area contributed by atoms with Crippen LogP contribution in [-0.2, 0) is 6.42 Å². The Balaban J connectivity index is 1.70. The topological polar surface area (TPSA) is 83.0 Å². The van der Waals surface area contributed by atoms with Gasteiger partial charge in [-0.25, -0.2) is 15.0 Å². The molecule has 1 fully saturated rings. The van der Waals surface area contributed by atoms with E-state index >= 15 is 0 Å². The highest BCUT2D eigenvalue weighted by Crippen LogP contribution is 2.26. The van der Waals surface area contributed by atoms with Crippen LogP contribution in [0.25, 0.3) is 0 Å². The molecule has 0 unspecified atom stereocenters. The number of hydrogen-bond donors (Lipinski definition) is 3. The number of rotatable bonds is 9. The predicted molar refractivity (Wildman–Crippen MR) is 113 cm³/mol. The number of anilines is 3. The minimum Gasteiger partial charge on any atom is -0.396 e. The monoisotopic (exact) mass is 379 g/mol. The van der Waals surface area contributed by atoms with E-state index in [0.717, 1.165) is 43.2 Å². The number of aromatic nitrogens is 3. The largest absolute Gasteiger partial charge is 0.396 e. The van der Waals surface area contributed by atoms with Gasteiger partial charge in [0.15, 0.2) is 0 Å². The molecule has 0 aliphatic heterocycles. The lowest BCUT2D eigenvalue weighted by Gasteiger charge is -2.23. The number of terminal acetylenes is 1. The third-order valence-corrected chi connectivity index (χ3v) is 5.20. The molecule has 0 saturated heterocycles. The van der Waals surface area contributed by atoms with Crippen molar-refractivity contribution in [2.45, 2.75) is 51.4 Å². The predicted octanol–water partition coefficient (Wildman–Crippen LogP) is 3.90. The molecule has 6 heteroatoms. The standard InChI is InChI=1S/C22H29N5O/c1-2-19-15-26-22(16-23-19)27-21-12-20(18(14-25-21)10-6-7-11-28)24-13-17-8-4-3-5-9-17/h1,12,14-17,28H,3-11,13H2,(H2,24,25,26,27). The van der Waals surface area contributed by atoms with Gasteiger partial charge in [0, 0.05) is 31.1 Å². The highest BCUT2D eigenvalue weighted by molar-refractivity contribution is 5.61. The number of pyridine rings is 1. The third-order valence-electron chi connectivity index (χ3n) is 5.20. The molecule has 3 N–H and O–H groups in total. The van der Waals surface area contributed by atoms with E-state index in [1.165, 1.54) is 37.7 Å². The fraction of sp³-hybridized carbons (Fsp3) is 0.500. The zero-order valence-corrected chi connectivity index (χ0v) is 16.3. The second-order valence-corrected chi connectivity index (χ2v) is 7.35.